The maximum atomic E-state index is 5.45. The van der Waals surface area contributed by atoms with Gasteiger partial charge in [-0.3, -0.25) is 0 Å². The molecule has 0 aliphatic rings. The maximum absolute atomic E-state index is 5.45. The molecule has 0 saturated heterocycles. The largest absolute Gasteiger partial charge is 0.309 e. The van der Waals surface area contributed by atoms with Crippen molar-refractivity contribution in [3.05, 3.63) is 303 Å². The third-order valence-electron chi connectivity index (χ3n) is 20.2. The minimum absolute atomic E-state index is 0.614. The van der Waals surface area contributed by atoms with Gasteiger partial charge < -0.3 is 9.13 Å². The van der Waals surface area contributed by atoms with E-state index in [0.717, 1.165) is 77.7 Å². The van der Waals surface area contributed by atoms with E-state index in [1.807, 2.05) is 99.9 Å². The first-order valence-electron chi connectivity index (χ1n) is 34.0. The lowest BCUT2D eigenvalue weighted by atomic mass is 10.0. The second-order valence-corrected chi connectivity index (χ2v) is 30.3. The van der Waals surface area contributed by atoms with Crippen LogP contribution in [-0.4, -0.2) is 39.0 Å². The first kappa shape index (κ1) is 57.5. The number of aromatic nitrogens is 8. The minimum Gasteiger partial charge on any atom is -0.309 e. The molecule has 0 bridgehead atoms. The summed E-state index contributed by atoms with van der Waals surface area (Å²) in [4.78, 5) is 31.6. The molecule has 0 saturated carbocycles. The summed E-state index contributed by atoms with van der Waals surface area (Å²) in [6.07, 6.45) is 0. The molecule has 0 aliphatic heterocycles. The van der Waals surface area contributed by atoms with Crippen molar-refractivity contribution in [3.63, 3.8) is 0 Å². The van der Waals surface area contributed by atoms with Gasteiger partial charge in [0, 0.05) is 147 Å². The molecule has 0 amide bonds. The van der Waals surface area contributed by atoms with Crippen LogP contribution in [0.25, 0.3) is 215 Å². The first-order chi connectivity index (χ1) is 50.5. The quantitative estimate of drug-likeness (QED) is 0.143. The number of fused-ring (bicyclic) bond motifs is 20. The molecular weight excluding hydrogens is 1320 g/mol. The highest BCUT2D eigenvalue weighted by Crippen LogP contribution is 2.51. The van der Waals surface area contributed by atoms with Gasteiger partial charge in [0.15, 0.2) is 34.9 Å². The Morgan fingerprint density at radius 1 is 0.196 bits per heavy atom. The van der Waals surface area contributed by atoms with Gasteiger partial charge in [-0.15, -0.1) is 45.3 Å². The molecule has 14 aromatic carbocycles. The molecule has 8 aromatic heterocycles. The van der Waals surface area contributed by atoms with Gasteiger partial charge in [0.25, 0.3) is 0 Å². The molecule has 22 rings (SSSR count). The Hall–Kier alpha value is -12.4. The number of nitrogens with zero attached hydrogens (tertiary/aromatic N) is 8. The van der Waals surface area contributed by atoms with Gasteiger partial charge >= 0.3 is 0 Å². The van der Waals surface area contributed by atoms with Gasteiger partial charge in [-0.25, -0.2) is 29.9 Å². The monoisotopic (exact) mass is 1370 g/mol. The van der Waals surface area contributed by atoms with Gasteiger partial charge in [0.2, 0.25) is 0 Å². The third kappa shape index (κ3) is 8.90. The molecule has 474 valence electrons. The number of benzene rings is 14. The molecular formula is C90H50N8S4. The molecule has 8 nitrogen and oxygen atoms in total. The van der Waals surface area contributed by atoms with Crippen LogP contribution in [0.4, 0.5) is 0 Å². The normalized spacial score (nSPS) is 12.1. The SMILES string of the molecule is c1ccc(-c2nc(-c3cccc(-c4ccc5c(c4)c4ccccc4n5-c4ccc5c(c4)sc4ccc6sc7cccc(-c8nc(-c9ccccc9)nc(-c9ccccc9)n8)c7c6c45)c3)nc(-c3cccc4sc5c(ccc6sc7cc(-n8c9ccccc9c9ccccc98)ccc7c65)c34)n2)cc1. The van der Waals surface area contributed by atoms with Crippen molar-refractivity contribution in [2.45, 2.75) is 0 Å². The number of para-hydroxylation sites is 3. The topological polar surface area (TPSA) is 87.2 Å². The molecule has 12 heteroatoms. The zero-order chi connectivity index (χ0) is 66.7. The van der Waals surface area contributed by atoms with Crippen LogP contribution in [0.5, 0.6) is 0 Å². The fourth-order valence-corrected chi connectivity index (χ4v) is 20.5. The highest BCUT2D eigenvalue weighted by atomic mass is 32.1. The summed E-state index contributed by atoms with van der Waals surface area (Å²) >= 11 is 7.39. The van der Waals surface area contributed by atoms with Gasteiger partial charge in [0.05, 0.1) is 22.1 Å². The molecule has 102 heavy (non-hydrogen) atoms. The summed E-state index contributed by atoms with van der Waals surface area (Å²) < 4.78 is 14.7. The van der Waals surface area contributed by atoms with Gasteiger partial charge in [-0.2, -0.15) is 0 Å². The van der Waals surface area contributed by atoms with E-state index in [2.05, 4.69) is 258 Å². The molecule has 0 fully saturated rings. The number of rotatable bonds is 9. The van der Waals surface area contributed by atoms with Crippen LogP contribution < -0.4 is 0 Å². The standard InChI is InChI=1S/C90H50N8S4/c1-4-19-51(20-5-1)85-91-86(52-21-6-2-7-22-52)95-90(94-85)66-31-18-36-73-81(66)83-76(99-73)46-45-74-80(83)62-40-38-58(49-77(62)100-74)98-70-34-15-12-29-61(70)67-48-55(37-43-71(67)98)54-25-16-26-56(47-54)88-92-87(53-23-8-3-9-24-53)93-89(96-88)65-30-17-35-72-79(65)64-42-44-75-82(84(64)102-72)63-41-39-57(50-78(63)101-75)97-68-32-13-10-27-59(68)60-28-11-14-33-69(60)97/h1-50H. The van der Waals surface area contributed by atoms with Crippen LogP contribution in [-0.2, 0) is 0 Å². The van der Waals surface area contributed by atoms with Crippen LogP contribution in [0.2, 0.25) is 0 Å². The second-order valence-electron chi connectivity index (χ2n) is 26.0. The van der Waals surface area contributed by atoms with Crippen molar-refractivity contribution in [1.29, 1.82) is 0 Å². The van der Waals surface area contributed by atoms with E-state index in [-0.39, 0.29) is 0 Å². The van der Waals surface area contributed by atoms with E-state index in [9.17, 15) is 0 Å². The molecule has 0 N–H and O–H groups in total. The van der Waals surface area contributed by atoms with E-state index >= 15 is 0 Å². The first-order valence-corrected chi connectivity index (χ1v) is 37.2. The lowest BCUT2D eigenvalue weighted by molar-refractivity contribution is 1.08. The number of thiophene rings is 4. The average Bonchev–Trinajstić information content (AvgIpc) is 1.56. The Labute approximate surface area is 598 Å². The number of hydrogen-bond donors (Lipinski definition) is 0. The highest BCUT2D eigenvalue weighted by Gasteiger charge is 2.25. The fourth-order valence-electron chi connectivity index (χ4n) is 15.7. The van der Waals surface area contributed by atoms with Crippen molar-refractivity contribution < 1.29 is 0 Å². The summed E-state index contributed by atoms with van der Waals surface area (Å²) in [7, 11) is 0. The van der Waals surface area contributed by atoms with Crippen LogP contribution in [0.1, 0.15) is 0 Å². The zero-order valence-corrected chi connectivity index (χ0v) is 57.3. The van der Waals surface area contributed by atoms with Crippen LogP contribution in [0.15, 0.2) is 303 Å². The highest BCUT2D eigenvalue weighted by molar-refractivity contribution is 7.30. The van der Waals surface area contributed by atoms with E-state index in [1.54, 1.807) is 0 Å². The molecule has 8 heterocycles. The van der Waals surface area contributed by atoms with Crippen molar-refractivity contribution >= 4 is 170 Å². The predicted octanol–water partition coefficient (Wildman–Crippen LogP) is 25.4. The number of hydrogen-bond acceptors (Lipinski definition) is 10. The summed E-state index contributed by atoms with van der Waals surface area (Å²) in [5, 5.41) is 14.7. The summed E-state index contributed by atoms with van der Waals surface area (Å²) in [5.74, 6) is 3.82. The van der Waals surface area contributed by atoms with Gasteiger partial charge in [0.1, 0.15) is 0 Å². The van der Waals surface area contributed by atoms with Crippen molar-refractivity contribution in [3.8, 4) is 90.8 Å². The molecule has 0 radical (unpaired) electrons. The fraction of sp³-hybridized carbons (Fsp3) is 0. The Morgan fingerprint density at radius 2 is 0.588 bits per heavy atom. The Balaban J connectivity index is 0.637. The smallest absolute Gasteiger partial charge is 0.164 e. The van der Waals surface area contributed by atoms with E-state index < -0.39 is 0 Å². The van der Waals surface area contributed by atoms with Crippen molar-refractivity contribution in [1.82, 2.24) is 39.0 Å². The molecule has 0 spiro atoms. The van der Waals surface area contributed by atoms with E-state index in [1.165, 1.54) is 102 Å². The van der Waals surface area contributed by atoms with Crippen molar-refractivity contribution in [2.24, 2.45) is 0 Å². The maximum Gasteiger partial charge on any atom is 0.164 e. The van der Waals surface area contributed by atoms with Crippen molar-refractivity contribution in [2.75, 3.05) is 0 Å². The molecule has 22 aromatic rings. The Morgan fingerprint density at radius 3 is 1.17 bits per heavy atom. The predicted molar refractivity (Wildman–Crippen MR) is 431 cm³/mol. The Bertz CT molecular complexity index is 7150. The molecule has 0 unspecified atom stereocenters. The molecule has 0 atom stereocenters. The summed E-state index contributed by atoms with van der Waals surface area (Å²) in [6.45, 7) is 0. The lowest BCUT2D eigenvalue weighted by Crippen LogP contribution is -2.00. The summed E-state index contributed by atoms with van der Waals surface area (Å²) in [5.41, 5.74) is 14.8. The van der Waals surface area contributed by atoms with Gasteiger partial charge in [-0.1, -0.05) is 212 Å². The second kappa shape index (κ2) is 22.5. The minimum atomic E-state index is 0.614. The Kier molecular flexibility index (Phi) is 12.7. The lowest BCUT2D eigenvalue weighted by Gasteiger charge is -2.11. The van der Waals surface area contributed by atoms with Crippen LogP contribution in [0, 0.1) is 0 Å². The van der Waals surface area contributed by atoms with Gasteiger partial charge in [-0.05, 0) is 102 Å². The van der Waals surface area contributed by atoms with Crippen LogP contribution >= 0.6 is 45.3 Å². The third-order valence-corrected chi connectivity index (χ3v) is 24.8. The van der Waals surface area contributed by atoms with Crippen LogP contribution in [0.3, 0.4) is 0 Å². The van der Waals surface area contributed by atoms with E-state index in [0.29, 0.717) is 34.9 Å². The zero-order valence-electron chi connectivity index (χ0n) is 54.1. The molecule has 0 aliphatic carbocycles. The average molecular weight is 1370 g/mol. The van der Waals surface area contributed by atoms with E-state index in [4.69, 9.17) is 29.9 Å². The summed E-state index contributed by atoms with van der Waals surface area (Å²) in [6, 6.07) is 109.